The van der Waals surface area contributed by atoms with E-state index >= 15 is 0 Å². The molecule has 4 heteroatoms. The summed E-state index contributed by atoms with van der Waals surface area (Å²) in [5, 5.41) is 9.42. The number of pyridine rings is 1. The molecular formula is C27H24N4. The number of hydrogen-bond acceptors (Lipinski definition) is 3. The van der Waals surface area contributed by atoms with E-state index < -0.39 is 0 Å². The van der Waals surface area contributed by atoms with E-state index in [4.69, 9.17) is 4.98 Å². The number of rotatable bonds is 3. The lowest BCUT2D eigenvalue weighted by Crippen LogP contribution is -2.06. The van der Waals surface area contributed by atoms with Crippen molar-refractivity contribution in [1.82, 2.24) is 14.5 Å². The number of nitrogens with zero attached hydrogens (tertiary/aromatic N) is 4. The van der Waals surface area contributed by atoms with Gasteiger partial charge in [-0.25, -0.2) is 9.97 Å². The zero-order valence-electron chi connectivity index (χ0n) is 17.9. The first-order chi connectivity index (χ1) is 15.2. The van der Waals surface area contributed by atoms with E-state index in [-0.39, 0.29) is 0 Å². The summed E-state index contributed by atoms with van der Waals surface area (Å²) >= 11 is 0. The van der Waals surface area contributed by atoms with Gasteiger partial charge in [-0.1, -0.05) is 49.4 Å². The molecule has 0 radical (unpaired) electrons. The highest BCUT2D eigenvalue weighted by Gasteiger charge is 2.19. The van der Waals surface area contributed by atoms with Crippen molar-refractivity contribution in [2.75, 3.05) is 0 Å². The van der Waals surface area contributed by atoms with Crippen LogP contribution < -0.4 is 0 Å². The molecule has 0 amide bonds. The second kappa shape index (κ2) is 7.85. The van der Waals surface area contributed by atoms with Gasteiger partial charge in [-0.05, 0) is 64.8 Å². The Kier molecular flexibility index (Phi) is 4.88. The van der Waals surface area contributed by atoms with Gasteiger partial charge in [0.15, 0.2) is 5.65 Å². The molecule has 0 fully saturated rings. The molecule has 0 atom stereocenters. The van der Waals surface area contributed by atoms with Crippen LogP contribution in [0.25, 0.3) is 16.7 Å². The second-order valence-electron chi connectivity index (χ2n) is 8.10. The summed E-state index contributed by atoms with van der Waals surface area (Å²) < 4.78 is 2.24. The Morgan fingerprint density at radius 2 is 1.87 bits per heavy atom. The van der Waals surface area contributed by atoms with Crippen molar-refractivity contribution in [3.05, 3.63) is 100 Å². The van der Waals surface area contributed by atoms with E-state index in [9.17, 15) is 5.26 Å². The van der Waals surface area contributed by atoms with Gasteiger partial charge in [0, 0.05) is 18.7 Å². The molecule has 0 saturated heterocycles. The molecule has 1 aliphatic rings. The van der Waals surface area contributed by atoms with Crippen LogP contribution in [0.4, 0.5) is 0 Å². The summed E-state index contributed by atoms with van der Waals surface area (Å²) in [6.45, 7) is 4.97. The summed E-state index contributed by atoms with van der Waals surface area (Å²) in [4.78, 5) is 9.48. The molecule has 4 nitrogen and oxygen atoms in total. The first-order valence-corrected chi connectivity index (χ1v) is 10.8. The van der Waals surface area contributed by atoms with Gasteiger partial charge in [0.05, 0.1) is 12.6 Å². The average Bonchev–Trinajstić information content (AvgIpc) is 3.07. The van der Waals surface area contributed by atoms with Crippen molar-refractivity contribution < 1.29 is 0 Å². The minimum Gasteiger partial charge on any atom is -0.308 e. The molecule has 0 N–H and O–H groups in total. The Morgan fingerprint density at radius 1 is 1.06 bits per heavy atom. The largest absolute Gasteiger partial charge is 0.308 e. The lowest BCUT2D eigenvalue weighted by atomic mass is 9.93. The van der Waals surface area contributed by atoms with E-state index in [0.717, 1.165) is 59.5 Å². The number of fused-ring (bicyclic) bond motifs is 3. The minimum absolute atomic E-state index is 0.744. The van der Waals surface area contributed by atoms with Gasteiger partial charge in [0.1, 0.15) is 11.3 Å². The molecule has 0 spiro atoms. The van der Waals surface area contributed by atoms with Crippen LogP contribution in [0.15, 0.2) is 60.8 Å². The number of benzene rings is 2. The number of aromatic nitrogens is 3. The predicted octanol–water partition coefficient (Wildman–Crippen LogP) is 5.40. The van der Waals surface area contributed by atoms with Crippen LogP contribution in [0, 0.1) is 18.3 Å². The Balaban J connectivity index is 1.58. The maximum Gasteiger partial charge on any atom is 0.160 e. The van der Waals surface area contributed by atoms with Crippen molar-refractivity contribution in [3.63, 3.8) is 0 Å². The molecule has 31 heavy (non-hydrogen) atoms. The van der Waals surface area contributed by atoms with Crippen LogP contribution in [-0.2, 0) is 25.8 Å². The zero-order chi connectivity index (χ0) is 21.4. The highest BCUT2D eigenvalue weighted by Crippen LogP contribution is 2.34. The number of imidazole rings is 1. The third kappa shape index (κ3) is 3.33. The summed E-state index contributed by atoms with van der Waals surface area (Å²) in [6, 6.07) is 19.4. The van der Waals surface area contributed by atoms with Gasteiger partial charge in [-0.3, -0.25) is 0 Å². The topological polar surface area (TPSA) is 54.5 Å². The van der Waals surface area contributed by atoms with E-state index in [1.165, 1.54) is 22.3 Å². The molecule has 1 aliphatic carbocycles. The normalized spacial score (nSPS) is 14.2. The smallest absolute Gasteiger partial charge is 0.160 e. The SMILES string of the molecule is CCc1nc2c(C)ccnc2n1Cc1ccc2c(c1)CCc1ccccc1/C2=C\C#N. The fourth-order valence-electron chi connectivity index (χ4n) is 4.65. The summed E-state index contributed by atoms with van der Waals surface area (Å²) in [6.07, 6.45) is 6.36. The van der Waals surface area contributed by atoms with Crippen LogP contribution >= 0.6 is 0 Å². The number of aryl methyl sites for hydroxylation is 4. The molecule has 152 valence electrons. The lowest BCUT2D eigenvalue weighted by molar-refractivity contribution is 0.745. The molecule has 0 unspecified atom stereocenters. The van der Waals surface area contributed by atoms with Crippen LogP contribution in [0.1, 0.15) is 46.1 Å². The van der Waals surface area contributed by atoms with Crippen LogP contribution in [0.5, 0.6) is 0 Å². The van der Waals surface area contributed by atoms with Crippen LogP contribution in [0.2, 0.25) is 0 Å². The molecule has 0 aliphatic heterocycles. The molecule has 0 bridgehead atoms. The molecule has 5 rings (SSSR count). The Morgan fingerprint density at radius 3 is 2.71 bits per heavy atom. The highest BCUT2D eigenvalue weighted by atomic mass is 15.1. The maximum absolute atomic E-state index is 9.42. The van der Waals surface area contributed by atoms with Crippen molar-refractivity contribution in [1.29, 1.82) is 5.26 Å². The summed E-state index contributed by atoms with van der Waals surface area (Å²) in [5.74, 6) is 1.06. The Hall–Kier alpha value is -3.71. The first kappa shape index (κ1) is 19.3. The fourth-order valence-corrected chi connectivity index (χ4v) is 4.65. The molecule has 4 aromatic rings. The summed E-state index contributed by atoms with van der Waals surface area (Å²) in [5.41, 5.74) is 10.3. The van der Waals surface area contributed by atoms with Gasteiger partial charge < -0.3 is 4.57 Å². The van der Waals surface area contributed by atoms with Crippen molar-refractivity contribution in [2.45, 2.75) is 39.7 Å². The zero-order valence-corrected chi connectivity index (χ0v) is 17.9. The fraction of sp³-hybridized carbons (Fsp3) is 0.222. The van der Waals surface area contributed by atoms with E-state index in [2.05, 4.69) is 71.9 Å². The molecule has 2 aromatic heterocycles. The van der Waals surface area contributed by atoms with E-state index in [1.54, 1.807) is 6.08 Å². The molecule has 2 heterocycles. The van der Waals surface area contributed by atoms with Gasteiger partial charge in [0.2, 0.25) is 0 Å². The number of nitriles is 1. The van der Waals surface area contributed by atoms with Crippen molar-refractivity contribution in [2.24, 2.45) is 0 Å². The Labute approximate surface area is 182 Å². The van der Waals surface area contributed by atoms with E-state index in [1.807, 2.05) is 12.3 Å². The summed E-state index contributed by atoms with van der Waals surface area (Å²) in [7, 11) is 0. The van der Waals surface area contributed by atoms with Gasteiger partial charge in [-0.2, -0.15) is 5.26 Å². The first-order valence-electron chi connectivity index (χ1n) is 10.8. The van der Waals surface area contributed by atoms with Crippen molar-refractivity contribution >= 4 is 16.7 Å². The van der Waals surface area contributed by atoms with E-state index in [0.29, 0.717) is 0 Å². The maximum atomic E-state index is 9.42. The van der Waals surface area contributed by atoms with Gasteiger partial charge >= 0.3 is 0 Å². The quantitative estimate of drug-likeness (QED) is 0.429. The molecular weight excluding hydrogens is 380 g/mol. The standard InChI is InChI=1S/C27H24N4/c1-3-25-30-26-18(2)13-15-29-27(26)31(25)17-19-8-11-23-21(16-19)10-9-20-6-4-5-7-22(20)24(23)12-14-28/h4-8,11-13,15-16H,3,9-10,17H2,1-2H3/b24-12+. The highest BCUT2D eigenvalue weighted by molar-refractivity contribution is 5.85. The Bertz CT molecular complexity index is 1370. The van der Waals surface area contributed by atoms with Crippen LogP contribution in [0.3, 0.4) is 0 Å². The number of allylic oxidation sites excluding steroid dienone is 1. The lowest BCUT2D eigenvalue weighted by Gasteiger charge is -2.13. The van der Waals surface area contributed by atoms with Crippen LogP contribution in [-0.4, -0.2) is 14.5 Å². The molecule has 2 aromatic carbocycles. The second-order valence-corrected chi connectivity index (χ2v) is 8.10. The van der Waals surface area contributed by atoms with Gasteiger partial charge in [-0.15, -0.1) is 0 Å². The monoisotopic (exact) mass is 404 g/mol. The molecule has 0 saturated carbocycles. The average molecular weight is 405 g/mol. The minimum atomic E-state index is 0.744. The predicted molar refractivity (Wildman–Crippen MR) is 124 cm³/mol. The van der Waals surface area contributed by atoms with Crippen molar-refractivity contribution in [3.8, 4) is 6.07 Å². The van der Waals surface area contributed by atoms with Gasteiger partial charge in [0.25, 0.3) is 0 Å². The number of hydrogen-bond donors (Lipinski definition) is 0. The third-order valence-corrected chi connectivity index (χ3v) is 6.21. The third-order valence-electron chi connectivity index (χ3n) is 6.21.